The number of ketones is 1. The average molecular weight is 209 g/mol. The molecule has 0 aromatic carbocycles. The van der Waals surface area contributed by atoms with Crippen molar-refractivity contribution in [1.82, 2.24) is 4.90 Å². The predicted molar refractivity (Wildman–Crippen MR) is 61.8 cm³/mol. The Labute approximate surface area is 93.0 Å². The molecule has 0 N–H and O–H groups in total. The molecule has 1 aliphatic carbocycles. The van der Waals surface area contributed by atoms with Gasteiger partial charge in [0.15, 0.2) is 0 Å². The van der Waals surface area contributed by atoms with Crippen LogP contribution in [0.25, 0.3) is 0 Å². The van der Waals surface area contributed by atoms with E-state index in [2.05, 4.69) is 18.7 Å². The van der Waals surface area contributed by atoms with E-state index in [4.69, 9.17) is 0 Å². The molecule has 2 aliphatic rings. The largest absolute Gasteiger partial charge is 0.298 e. The molecule has 1 saturated carbocycles. The molecule has 2 heteroatoms. The van der Waals surface area contributed by atoms with Crippen molar-refractivity contribution in [3.05, 3.63) is 0 Å². The van der Waals surface area contributed by atoms with Gasteiger partial charge in [-0.3, -0.25) is 9.69 Å². The lowest BCUT2D eigenvalue weighted by Crippen LogP contribution is -2.41. The molecule has 0 radical (unpaired) electrons. The van der Waals surface area contributed by atoms with Crippen molar-refractivity contribution < 1.29 is 4.79 Å². The SMILES string of the molecule is CCC1(C)CCN(CC(=O)C2CC2)CC1. The Morgan fingerprint density at radius 1 is 1.33 bits per heavy atom. The summed E-state index contributed by atoms with van der Waals surface area (Å²) in [5, 5.41) is 0. The van der Waals surface area contributed by atoms with E-state index in [1.54, 1.807) is 0 Å². The minimum atomic E-state index is 0.435. The fourth-order valence-corrected chi connectivity index (χ4v) is 2.36. The lowest BCUT2D eigenvalue weighted by molar-refractivity contribution is -0.121. The highest BCUT2D eigenvalue weighted by Gasteiger charge is 2.33. The highest BCUT2D eigenvalue weighted by Crippen LogP contribution is 2.35. The van der Waals surface area contributed by atoms with Crippen LogP contribution in [-0.2, 0) is 4.79 Å². The fraction of sp³-hybridized carbons (Fsp3) is 0.923. The Hall–Kier alpha value is -0.370. The fourth-order valence-electron chi connectivity index (χ4n) is 2.36. The molecular weight excluding hydrogens is 186 g/mol. The highest BCUT2D eigenvalue weighted by molar-refractivity contribution is 5.84. The summed E-state index contributed by atoms with van der Waals surface area (Å²) in [4.78, 5) is 14.0. The molecule has 0 aromatic heterocycles. The monoisotopic (exact) mass is 209 g/mol. The van der Waals surface area contributed by atoms with Crippen LogP contribution in [0.1, 0.15) is 46.0 Å². The highest BCUT2D eigenvalue weighted by atomic mass is 16.1. The molecule has 2 fully saturated rings. The molecule has 1 aliphatic heterocycles. The van der Waals surface area contributed by atoms with Gasteiger partial charge in [0.05, 0.1) is 6.54 Å². The van der Waals surface area contributed by atoms with E-state index >= 15 is 0 Å². The first-order chi connectivity index (χ1) is 7.13. The van der Waals surface area contributed by atoms with Crippen LogP contribution in [0.5, 0.6) is 0 Å². The van der Waals surface area contributed by atoms with Gasteiger partial charge in [-0.15, -0.1) is 0 Å². The molecule has 2 rings (SSSR count). The molecule has 2 nitrogen and oxygen atoms in total. The summed E-state index contributed by atoms with van der Waals surface area (Å²) in [6.45, 7) is 7.65. The minimum Gasteiger partial charge on any atom is -0.298 e. The Kier molecular flexibility index (Phi) is 3.15. The second-order valence-corrected chi connectivity index (χ2v) is 5.68. The number of piperidine rings is 1. The van der Waals surface area contributed by atoms with Crippen LogP contribution in [-0.4, -0.2) is 30.3 Å². The third-order valence-electron chi connectivity index (χ3n) is 4.33. The van der Waals surface area contributed by atoms with E-state index in [1.165, 1.54) is 19.3 Å². The lowest BCUT2D eigenvalue weighted by atomic mass is 9.78. The predicted octanol–water partition coefficient (Wildman–Crippen LogP) is 2.48. The number of likely N-dealkylation sites (tertiary alicyclic amines) is 1. The number of Topliss-reactive ketones (excluding diaryl/α,β-unsaturated/α-hetero) is 1. The third kappa shape index (κ3) is 2.81. The zero-order valence-corrected chi connectivity index (χ0v) is 10.1. The van der Waals surface area contributed by atoms with Crippen molar-refractivity contribution in [3.8, 4) is 0 Å². The van der Waals surface area contributed by atoms with Crippen LogP contribution in [0, 0.1) is 11.3 Å². The van der Waals surface area contributed by atoms with E-state index in [1.807, 2.05) is 0 Å². The van der Waals surface area contributed by atoms with E-state index < -0.39 is 0 Å². The van der Waals surface area contributed by atoms with Crippen molar-refractivity contribution in [3.63, 3.8) is 0 Å². The first-order valence-electron chi connectivity index (χ1n) is 6.38. The second-order valence-electron chi connectivity index (χ2n) is 5.68. The van der Waals surface area contributed by atoms with Crippen LogP contribution in [0.2, 0.25) is 0 Å². The first-order valence-corrected chi connectivity index (χ1v) is 6.38. The Morgan fingerprint density at radius 3 is 2.40 bits per heavy atom. The molecule has 1 saturated heterocycles. The van der Waals surface area contributed by atoms with Gasteiger partial charge in [0, 0.05) is 5.92 Å². The van der Waals surface area contributed by atoms with Crippen LogP contribution >= 0.6 is 0 Å². The van der Waals surface area contributed by atoms with E-state index in [-0.39, 0.29) is 0 Å². The van der Waals surface area contributed by atoms with E-state index in [0.717, 1.165) is 32.5 Å². The molecule has 0 spiro atoms. The smallest absolute Gasteiger partial charge is 0.149 e. The van der Waals surface area contributed by atoms with Crippen LogP contribution in [0.15, 0.2) is 0 Å². The zero-order valence-electron chi connectivity index (χ0n) is 10.1. The number of nitrogens with zero attached hydrogens (tertiary/aromatic N) is 1. The third-order valence-corrected chi connectivity index (χ3v) is 4.33. The van der Waals surface area contributed by atoms with E-state index in [9.17, 15) is 4.79 Å². The normalized spacial score (nSPS) is 26.5. The molecule has 0 unspecified atom stereocenters. The van der Waals surface area contributed by atoms with Gasteiger partial charge in [-0.2, -0.15) is 0 Å². The Morgan fingerprint density at radius 2 is 1.93 bits per heavy atom. The number of hydrogen-bond donors (Lipinski definition) is 0. The van der Waals surface area contributed by atoms with Crippen molar-refractivity contribution >= 4 is 5.78 Å². The van der Waals surface area contributed by atoms with Gasteiger partial charge >= 0.3 is 0 Å². The maximum Gasteiger partial charge on any atom is 0.149 e. The van der Waals surface area contributed by atoms with Gasteiger partial charge in [-0.1, -0.05) is 20.3 Å². The molecular formula is C13H23NO. The van der Waals surface area contributed by atoms with Crippen molar-refractivity contribution in [2.45, 2.75) is 46.0 Å². The van der Waals surface area contributed by atoms with Crippen LogP contribution in [0.4, 0.5) is 0 Å². The molecule has 86 valence electrons. The quantitative estimate of drug-likeness (QED) is 0.709. The summed E-state index contributed by atoms with van der Waals surface area (Å²) < 4.78 is 0. The number of hydrogen-bond acceptors (Lipinski definition) is 2. The number of carbonyl (C=O) groups excluding carboxylic acids is 1. The summed E-state index contributed by atoms with van der Waals surface area (Å²) >= 11 is 0. The van der Waals surface area contributed by atoms with Gasteiger partial charge in [0.2, 0.25) is 0 Å². The maximum atomic E-state index is 11.7. The van der Waals surface area contributed by atoms with Crippen molar-refractivity contribution in [1.29, 1.82) is 0 Å². The molecule has 0 atom stereocenters. The Bertz CT molecular complexity index is 237. The minimum absolute atomic E-state index is 0.435. The van der Waals surface area contributed by atoms with Crippen molar-refractivity contribution in [2.24, 2.45) is 11.3 Å². The van der Waals surface area contributed by atoms with Gasteiger partial charge in [-0.05, 0) is 44.2 Å². The molecule has 1 heterocycles. The average Bonchev–Trinajstić information content (AvgIpc) is 3.05. The zero-order chi connectivity index (χ0) is 10.9. The molecule has 0 bridgehead atoms. The second kappa shape index (κ2) is 4.25. The maximum absolute atomic E-state index is 11.7. The summed E-state index contributed by atoms with van der Waals surface area (Å²) in [6.07, 6.45) is 6.11. The molecule has 0 amide bonds. The van der Waals surface area contributed by atoms with Gasteiger partial charge in [0.1, 0.15) is 5.78 Å². The topological polar surface area (TPSA) is 20.3 Å². The standard InChI is InChI=1S/C13H23NO/c1-3-13(2)6-8-14(9-7-13)10-12(15)11-4-5-11/h11H,3-10H2,1-2H3. The first kappa shape index (κ1) is 11.1. The summed E-state index contributed by atoms with van der Waals surface area (Å²) in [6, 6.07) is 0. The molecule has 0 aromatic rings. The van der Waals surface area contributed by atoms with Gasteiger partial charge in [0.25, 0.3) is 0 Å². The van der Waals surface area contributed by atoms with E-state index in [0.29, 0.717) is 17.1 Å². The van der Waals surface area contributed by atoms with Crippen LogP contribution < -0.4 is 0 Å². The van der Waals surface area contributed by atoms with Gasteiger partial charge < -0.3 is 0 Å². The summed E-state index contributed by atoms with van der Waals surface area (Å²) in [5.74, 6) is 0.930. The number of rotatable bonds is 4. The van der Waals surface area contributed by atoms with Gasteiger partial charge in [-0.25, -0.2) is 0 Å². The summed E-state index contributed by atoms with van der Waals surface area (Å²) in [5.41, 5.74) is 0.541. The lowest BCUT2D eigenvalue weighted by Gasteiger charge is -2.38. The van der Waals surface area contributed by atoms with Crippen molar-refractivity contribution in [2.75, 3.05) is 19.6 Å². The van der Waals surface area contributed by atoms with Crippen LogP contribution in [0.3, 0.4) is 0 Å². The number of carbonyl (C=O) groups is 1. The molecule has 15 heavy (non-hydrogen) atoms. The summed E-state index contributed by atoms with van der Waals surface area (Å²) in [7, 11) is 0. The Balaban J connectivity index is 1.75.